The molecule has 0 unspecified atom stereocenters. The number of nitrogens with two attached hydrogens (primary N) is 1. The Morgan fingerprint density at radius 2 is 2.15 bits per heavy atom. The van der Waals surface area contributed by atoms with E-state index in [2.05, 4.69) is 10.3 Å². The van der Waals surface area contributed by atoms with E-state index >= 15 is 0 Å². The molecule has 1 fully saturated rings. The van der Waals surface area contributed by atoms with Crippen LogP contribution in [0.3, 0.4) is 0 Å². The van der Waals surface area contributed by atoms with Crippen LogP contribution < -0.4 is 11.1 Å². The van der Waals surface area contributed by atoms with Gasteiger partial charge in [0.15, 0.2) is 6.10 Å². The molecular formula is C22H23F3N6O3. The van der Waals surface area contributed by atoms with Gasteiger partial charge in [0, 0.05) is 13.1 Å². The molecule has 34 heavy (non-hydrogen) atoms. The summed E-state index contributed by atoms with van der Waals surface area (Å²) < 4.78 is 43.7. The fourth-order valence-corrected chi connectivity index (χ4v) is 4.01. The monoisotopic (exact) mass is 476 g/mol. The van der Waals surface area contributed by atoms with Gasteiger partial charge >= 0.3 is 6.18 Å². The van der Waals surface area contributed by atoms with Gasteiger partial charge in [-0.3, -0.25) is 14.6 Å². The highest BCUT2D eigenvalue weighted by molar-refractivity contribution is 6.05. The number of fused-ring (bicyclic) bond motifs is 1. The molecule has 4 N–H and O–H groups in total. The number of morpholine rings is 1. The van der Waals surface area contributed by atoms with E-state index in [0.29, 0.717) is 33.9 Å². The topological polar surface area (TPSA) is 125 Å². The number of hydrogen-bond acceptors (Lipinski definition) is 7. The average Bonchev–Trinajstić information content (AvgIpc) is 3.09. The van der Waals surface area contributed by atoms with Gasteiger partial charge in [-0.1, -0.05) is 12.1 Å². The van der Waals surface area contributed by atoms with Gasteiger partial charge in [0.05, 0.1) is 47.7 Å². The van der Waals surface area contributed by atoms with Crippen molar-refractivity contribution < 1.29 is 27.5 Å². The standard InChI is InChI=1S/C22H23F3N6O3/c1-12(26)20-15(27)7-14(8-28-20)29-16-4-2-3-13-9-31(21(33)19(13)16)11-18(32)30-5-6-34-17(10-30)22(23,24)25/h2-4,7-8,17,26,29H,5-6,9-11,27H2,1H3/t17-/m1/s1. The van der Waals surface area contributed by atoms with Crippen LogP contribution in [-0.4, -0.2) is 70.8 Å². The Kier molecular flexibility index (Phi) is 6.17. The minimum Gasteiger partial charge on any atom is -0.397 e. The van der Waals surface area contributed by atoms with E-state index in [4.69, 9.17) is 15.9 Å². The van der Waals surface area contributed by atoms with E-state index in [1.807, 2.05) is 0 Å². The first kappa shape index (κ1) is 23.5. The van der Waals surface area contributed by atoms with Crippen molar-refractivity contribution >= 4 is 34.6 Å². The van der Waals surface area contributed by atoms with Crippen LogP contribution in [0.1, 0.15) is 28.5 Å². The smallest absolute Gasteiger partial charge is 0.397 e. The molecule has 4 rings (SSSR count). The summed E-state index contributed by atoms with van der Waals surface area (Å²) in [7, 11) is 0. The van der Waals surface area contributed by atoms with Crippen molar-refractivity contribution in [3.05, 3.63) is 47.3 Å². The van der Waals surface area contributed by atoms with E-state index in [1.165, 1.54) is 11.1 Å². The molecule has 0 aliphatic carbocycles. The molecule has 0 saturated carbocycles. The van der Waals surface area contributed by atoms with Gasteiger partial charge in [-0.05, 0) is 24.6 Å². The van der Waals surface area contributed by atoms with Gasteiger partial charge in [-0.15, -0.1) is 0 Å². The van der Waals surface area contributed by atoms with Crippen molar-refractivity contribution in [3.8, 4) is 0 Å². The SMILES string of the molecule is CC(=N)c1ncc(Nc2cccc3c2C(=O)N(CC(=O)N2CCO[C@@H](C(F)(F)F)C2)C3)cc1N. The molecule has 1 aromatic carbocycles. The van der Waals surface area contributed by atoms with E-state index < -0.39 is 30.6 Å². The molecule has 2 aliphatic rings. The lowest BCUT2D eigenvalue weighted by Gasteiger charge is -2.34. The summed E-state index contributed by atoms with van der Waals surface area (Å²) in [6, 6.07) is 6.81. The number of hydrogen-bond donors (Lipinski definition) is 3. The zero-order chi connectivity index (χ0) is 24.6. The number of carbonyl (C=O) groups excluding carboxylic acids is 2. The second-order valence-corrected chi connectivity index (χ2v) is 8.15. The first-order valence-electron chi connectivity index (χ1n) is 10.5. The maximum Gasteiger partial charge on any atom is 0.416 e. The average molecular weight is 476 g/mol. The van der Waals surface area contributed by atoms with Crippen LogP contribution in [0.2, 0.25) is 0 Å². The Morgan fingerprint density at radius 1 is 1.38 bits per heavy atom. The zero-order valence-electron chi connectivity index (χ0n) is 18.3. The molecule has 0 radical (unpaired) electrons. The molecule has 2 aromatic rings. The minimum atomic E-state index is -4.56. The molecule has 3 heterocycles. The van der Waals surface area contributed by atoms with Crippen LogP contribution in [0, 0.1) is 5.41 Å². The van der Waals surface area contributed by atoms with Crippen LogP contribution in [0.15, 0.2) is 30.5 Å². The number of amides is 2. The number of rotatable bonds is 5. The second kappa shape index (κ2) is 8.93. The number of nitrogens with zero attached hydrogens (tertiary/aromatic N) is 3. The third kappa shape index (κ3) is 4.67. The fourth-order valence-electron chi connectivity index (χ4n) is 4.01. The van der Waals surface area contributed by atoms with Crippen molar-refractivity contribution in [1.29, 1.82) is 5.41 Å². The third-order valence-corrected chi connectivity index (χ3v) is 5.67. The zero-order valence-corrected chi connectivity index (χ0v) is 18.3. The Labute approximate surface area is 193 Å². The third-order valence-electron chi connectivity index (χ3n) is 5.67. The Bertz CT molecular complexity index is 1150. The highest BCUT2D eigenvalue weighted by Gasteiger charge is 2.44. The summed E-state index contributed by atoms with van der Waals surface area (Å²) in [6.07, 6.45) is -5.09. The highest BCUT2D eigenvalue weighted by Crippen LogP contribution is 2.32. The molecule has 180 valence electrons. The minimum absolute atomic E-state index is 0.0346. The molecule has 9 nitrogen and oxygen atoms in total. The van der Waals surface area contributed by atoms with Crippen LogP contribution in [0.4, 0.5) is 30.2 Å². The summed E-state index contributed by atoms with van der Waals surface area (Å²) in [6.45, 7) is 0.626. The molecule has 1 aromatic heterocycles. The maximum absolute atomic E-state index is 13.1. The van der Waals surface area contributed by atoms with E-state index in [1.54, 1.807) is 31.2 Å². The van der Waals surface area contributed by atoms with Crippen LogP contribution in [0.25, 0.3) is 0 Å². The Balaban J connectivity index is 1.47. The quantitative estimate of drug-likeness (QED) is 0.570. The van der Waals surface area contributed by atoms with Crippen molar-refractivity contribution in [2.75, 3.05) is 37.3 Å². The number of benzene rings is 1. The highest BCUT2D eigenvalue weighted by atomic mass is 19.4. The number of nitrogens with one attached hydrogen (secondary N) is 2. The summed E-state index contributed by atoms with van der Waals surface area (Å²) in [5.74, 6) is -0.970. The van der Waals surface area contributed by atoms with Crippen LogP contribution >= 0.6 is 0 Å². The van der Waals surface area contributed by atoms with E-state index in [0.717, 1.165) is 4.90 Å². The lowest BCUT2D eigenvalue weighted by Crippen LogP contribution is -2.53. The Hall–Kier alpha value is -3.67. The van der Waals surface area contributed by atoms with E-state index in [9.17, 15) is 22.8 Å². The van der Waals surface area contributed by atoms with Gasteiger partial charge < -0.3 is 31.0 Å². The normalized spacial score (nSPS) is 18.1. The number of aromatic nitrogens is 1. The number of carbonyl (C=O) groups is 2. The summed E-state index contributed by atoms with van der Waals surface area (Å²) in [5, 5.41) is 10.8. The second-order valence-electron chi connectivity index (χ2n) is 8.15. The first-order valence-corrected chi connectivity index (χ1v) is 10.5. The van der Waals surface area contributed by atoms with Crippen molar-refractivity contribution in [1.82, 2.24) is 14.8 Å². The van der Waals surface area contributed by atoms with Crippen molar-refractivity contribution in [2.24, 2.45) is 0 Å². The predicted molar refractivity (Wildman–Crippen MR) is 118 cm³/mol. The lowest BCUT2D eigenvalue weighted by molar-refractivity contribution is -0.236. The first-order chi connectivity index (χ1) is 16.0. The largest absolute Gasteiger partial charge is 0.416 e. The van der Waals surface area contributed by atoms with Gasteiger partial charge in [0.25, 0.3) is 5.91 Å². The van der Waals surface area contributed by atoms with Crippen LogP contribution in [0.5, 0.6) is 0 Å². The van der Waals surface area contributed by atoms with E-state index in [-0.39, 0.29) is 32.0 Å². The van der Waals surface area contributed by atoms with Crippen LogP contribution in [-0.2, 0) is 16.1 Å². The predicted octanol–water partition coefficient (Wildman–Crippen LogP) is 2.54. The number of halogens is 3. The lowest BCUT2D eigenvalue weighted by atomic mass is 10.1. The number of anilines is 3. The van der Waals surface area contributed by atoms with Gasteiger partial charge in [0.2, 0.25) is 5.91 Å². The molecule has 12 heteroatoms. The molecule has 0 spiro atoms. The number of nitrogen functional groups attached to an aromatic ring is 1. The molecule has 1 saturated heterocycles. The molecule has 2 amide bonds. The molecule has 1 atom stereocenters. The number of alkyl halides is 3. The van der Waals surface area contributed by atoms with Gasteiger partial charge in [-0.25, -0.2) is 0 Å². The summed E-state index contributed by atoms with van der Waals surface area (Å²) in [4.78, 5) is 32.3. The molecular weight excluding hydrogens is 453 g/mol. The van der Waals surface area contributed by atoms with Crippen molar-refractivity contribution in [3.63, 3.8) is 0 Å². The maximum atomic E-state index is 13.1. The van der Waals surface area contributed by atoms with Gasteiger partial charge in [-0.2, -0.15) is 13.2 Å². The summed E-state index contributed by atoms with van der Waals surface area (Å²) >= 11 is 0. The molecule has 0 bridgehead atoms. The van der Waals surface area contributed by atoms with Gasteiger partial charge in [0.1, 0.15) is 12.2 Å². The van der Waals surface area contributed by atoms with Crippen molar-refractivity contribution in [2.45, 2.75) is 25.7 Å². The number of pyridine rings is 1. The fraction of sp³-hybridized carbons (Fsp3) is 0.364. The Morgan fingerprint density at radius 3 is 2.82 bits per heavy atom. The summed E-state index contributed by atoms with van der Waals surface area (Å²) in [5.41, 5.74) is 8.92. The molecule has 2 aliphatic heterocycles. The number of ether oxygens (including phenoxy) is 1.